The second-order valence-corrected chi connectivity index (χ2v) is 6.25. The average molecular weight is 296 g/mol. The highest BCUT2D eigenvalue weighted by Crippen LogP contribution is 2.51. The fourth-order valence-corrected chi connectivity index (χ4v) is 3.56. The number of hydrogen-bond acceptors (Lipinski definition) is 5. The van der Waals surface area contributed by atoms with E-state index in [1.807, 2.05) is 12.1 Å². The molecule has 2 aromatic rings. The van der Waals surface area contributed by atoms with Crippen LogP contribution in [0.2, 0.25) is 0 Å². The molecule has 0 spiro atoms. The molecule has 0 bridgehead atoms. The van der Waals surface area contributed by atoms with Gasteiger partial charge in [-0.1, -0.05) is 18.2 Å². The van der Waals surface area contributed by atoms with Crippen LogP contribution in [0.5, 0.6) is 0 Å². The van der Waals surface area contributed by atoms with Crippen molar-refractivity contribution in [1.29, 1.82) is 0 Å². The van der Waals surface area contributed by atoms with Crippen molar-refractivity contribution in [3.63, 3.8) is 0 Å². The van der Waals surface area contributed by atoms with Crippen LogP contribution < -0.4 is 5.63 Å². The topological polar surface area (TPSA) is 65.7 Å². The molecule has 5 nitrogen and oxygen atoms in total. The van der Waals surface area contributed by atoms with Crippen molar-refractivity contribution in [1.82, 2.24) is 0 Å². The van der Waals surface area contributed by atoms with Gasteiger partial charge in [0, 0.05) is 0 Å². The van der Waals surface area contributed by atoms with Crippen molar-refractivity contribution in [2.45, 2.75) is 20.0 Å². The fourth-order valence-electron chi connectivity index (χ4n) is 1.98. The summed E-state index contributed by atoms with van der Waals surface area (Å²) in [6.07, 6.45) is -0.0469. The molecule has 1 heterocycles. The number of benzene rings is 1. The Hall–Kier alpha value is -1.42. The van der Waals surface area contributed by atoms with Crippen LogP contribution in [-0.2, 0) is 19.8 Å². The average Bonchev–Trinajstić information content (AvgIpc) is 2.39. The molecule has 0 N–H and O–H groups in total. The number of rotatable bonds is 6. The number of fused-ring (bicyclic) bond motifs is 1. The van der Waals surface area contributed by atoms with E-state index in [0.717, 1.165) is 5.39 Å². The van der Waals surface area contributed by atoms with Crippen LogP contribution in [0.3, 0.4) is 0 Å². The van der Waals surface area contributed by atoms with Crippen LogP contribution in [0.15, 0.2) is 39.5 Å². The first-order chi connectivity index (χ1) is 9.58. The van der Waals surface area contributed by atoms with Crippen LogP contribution in [0.4, 0.5) is 0 Å². The van der Waals surface area contributed by atoms with E-state index in [0.29, 0.717) is 11.1 Å². The Morgan fingerprint density at radius 2 is 1.80 bits per heavy atom. The molecular weight excluding hydrogens is 279 g/mol. The zero-order valence-corrected chi connectivity index (χ0v) is 12.4. The maximum atomic E-state index is 12.4. The molecule has 0 amide bonds. The summed E-state index contributed by atoms with van der Waals surface area (Å²) in [4.78, 5) is 11.9. The van der Waals surface area contributed by atoms with Crippen molar-refractivity contribution in [2.75, 3.05) is 13.2 Å². The zero-order valence-electron chi connectivity index (χ0n) is 11.5. The van der Waals surface area contributed by atoms with Crippen molar-refractivity contribution in [2.24, 2.45) is 0 Å². The molecule has 6 heteroatoms. The van der Waals surface area contributed by atoms with Gasteiger partial charge in [0.15, 0.2) is 0 Å². The molecule has 0 fully saturated rings. The highest BCUT2D eigenvalue weighted by Gasteiger charge is 2.26. The predicted molar refractivity (Wildman–Crippen MR) is 77.0 cm³/mol. The van der Waals surface area contributed by atoms with Gasteiger partial charge < -0.3 is 13.5 Å². The van der Waals surface area contributed by atoms with Crippen LogP contribution in [0.25, 0.3) is 10.8 Å². The van der Waals surface area contributed by atoms with Crippen molar-refractivity contribution in [3.05, 3.63) is 46.5 Å². The second-order valence-electron chi connectivity index (χ2n) is 4.19. The van der Waals surface area contributed by atoms with Gasteiger partial charge in [0.2, 0.25) is 0 Å². The van der Waals surface area contributed by atoms with Crippen LogP contribution in [0.1, 0.15) is 19.6 Å². The third-order valence-corrected chi connectivity index (χ3v) is 4.72. The van der Waals surface area contributed by atoms with E-state index in [1.165, 1.54) is 0 Å². The van der Waals surface area contributed by atoms with E-state index < -0.39 is 13.2 Å². The van der Waals surface area contributed by atoms with Gasteiger partial charge in [-0.3, -0.25) is 4.57 Å². The molecule has 1 aromatic heterocycles. The van der Waals surface area contributed by atoms with Gasteiger partial charge in [0.05, 0.1) is 18.6 Å². The van der Waals surface area contributed by atoms with Crippen LogP contribution in [0, 0.1) is 0 Å². The summed E-state index contributed by atoms with van der Waals surface area (Å²) in [6.45, 7) is 4.02. The predicted octanol–water partition coefficient (Wildman–Crippen LogP) is 3.56. The van der Waals surface area contributed by atoms with Gasteiger partial charge in [-0.25, -0.2) is 4.79 Å². The molecule has 108 valence electrons. The molecule has 1 aromatic carbocycles. The Morgan fingerprint density at radius 3 is 2.45 bits per heavy atom. The minimum absolute atomic E-state index is 0.0469. The van der Waals surface area contributed by atoms with Crippen LogP contribution >= 0.6 is 7.60 Å². The van der Waals surface area contributed by atoms with Gasteiger partial charge in [-0.2, -0.15) is 0 Å². The lowest BCUT2D eigenvalue weighted by atomic mass is 10.2. The van der Waals surface area contributed by atoms with Gasteiger partial charge in [0.1, 0.15) is 11.9 Å². The van der Waals surface area contributed by atoms with Crippen molar-refractivity contribution < 1.29 is 18.0 Å². The van der Waals surface area contributed by atoms with Gasteiger partial charge >= 0.3 is 13.2 Å². The zero-order chi connectivity index (χ0) is 14.6. The Labute approximate surface area is 117 Å². The van der Waals surface area contributed by atoms with Gasteiger partial charge in [-0.05, 0) is 31.4 Å². The first-order valence-corrected chi connectivity index (χ1v) is 8.20. The summed E-state index contributed by atoms with van der Waals surface area (Å²) < 4.78 is 28.0. The lowest BCUT2D eigenvalue weighted by Crippen LogP contribution is -2.04. The molecule has 0 aliphatic heterocycles. The van der Waals surface area contributed by atoms with E-state index in [1.54, 1.807) is 32.0 Å². The summed E-state index contributed by atoms with van der Waals surface area (Å²) in [5.41, 5.74) is -0.447. The quantitative estimate of drug-likeness (QED) is 0.762. The monoisotopic (exact) mass is 296 g/mol. The van der Waals surface area contributed by atoms with Crippen molar-refractivity contribution in [3.8, 4) is 0 Å². The maximum absolute atomic E-state index is 12.4. The Kier molecular flexibility index (Phi) is 4.76. The highest BCUT2D eigenvalue weighted by atomic mass is 31.2. The molecule has 0 saturated carbocycles. The first kappa shape index (κ1) is 15.0. The summed E-state index contributed by atoms with van der Waals surface area (Å²) in [7, 11) is -3.27. The fraction of sp³-hybridized carbons (Fsp3) is 0.357. The minimum atomic E-state index is -3.27. The molecule has 0 aliphatic carbocycles. The third-order valence-electron chi connectivity index (χ3n) is 2.72. The van der Waals surface area contributed by atoms with E-state index >= 15 is 0 Å². The lowest BCUT2D eigenvalue weighted by Gasteiger charge is -2.16. The van der Waals surface area contributed by atoms with Gasteiger partial charge in [-0.15, -0.1) is 0 Å². The van der Waals surface area contributed by atoms with Gasteiger partial charge in [0.25, 0.3) is 0 Å². The van der Waals surface area contributed by atoms with Crippen molar-refractivity contribution >= 4 is 18.4 Å². The number of hydrogen-bond donors (Lipinski definition) is 0. The summed E-state index contributed by atoms with van der Waals surface area (Å²) >= 11 is 0. The minimum Gasteiger partial charge on any atom is -0.427 e. The highest BCUT2D eigenvalue weighted by molar-refractivity contribution is 7.53. The molecule has 0 aliphatic rings. The standard InChI is InChI=1S/C14H17O5P/c1-3-17-20(16,18-4-2)10-12-9-11-7-5-6-8-13(11)14(15)19-12/h5-9H,3-4,10H2,1-2H3. The van der Waals surface area contributed by atoms with Crippen LogP contribution in [-0.4, -0.2) is 13.2 Å². The van der Waals surface area contributed by atoms with E-state index in [4.69, 9.17) is 13.5 Å². The molecule has 0 radical (unpaired) electrons. The second kappa shape index (κ2) is 6.35. The van der Waals surface area contributed by atoms with E-state index in [-0.39, 0.29) is 19.4 Å². The maximum Gasteiger partial charge on any atom is 0.343 e. The molecule has 0 atom stereocenters. The Bertz CT molecular complexity index is 681. The molecular formula is C14H17O5P. The Morgan fingerprint density at radius 1 is 1.15 bits per heavy atom. The summed E-state index contributed by atoms with van der Waals surface area (Å²) in [5, 5.41) is 1.25. The Balaban J connectivity index is 2.38. The SMILES string of the molecule is CCOP(=O)(Cc1cc2ccccc2c(=O)o1)OCC. The summed E-state index contributed by atoms with van der Waals surface area (Å²) in [6, 6.07) is 8.79. The normalized spacial score (nSPS) is 11.9. The molecule has 2 rings (SSSR count). The molecule has 20 heavy (non-hydrogen) atoms. The molecule has 0 saturated heterocycles. The largest absolute Gasteiger partial charge is 0.427 e. The first-order valence-electron chi connectivity index (χ1n) is 6.48. The summed E-state index contributed by atoms with van der Waals surface area (Å²) in [5.74, 6) is 0.305. The van der Waals surface area contributed by atoms with E-state index in [2.05, 4.69) is 0 Å². The smallest absolute Gasteiger partial charge is 0.343 e. The molecule has 0 unspecified atom stereocenters. The third kappa shape index (κ3) is 3.37. The van der Waals surface area contributed by atoms with E-state index in [9.17, 15) is 9.36 Å². The lowest BCUT2D eigenvalue weighted by molar-refractivity contribution is 0.217.